The molecule has 2 aromatic rings. The predicted molar refractivity (Wildman–Crippen MR) is 85.4 cm³/mol. The highest BCUT2D eigenvalue weighted by molar-refractivity contribution is 7.89. The molecule has 0 spiro atoms. The third kappa shape index (κ3) is 3.40. The maximum absolute atomic E-state index is 12.8. The van der Waals surface area contributed by atoms with Crippen molar-refractivity contribution in [2.45, 2.75) is 17.9 Å². The number of hydrogen-bond donors (Lipinski definition) is 0. The average molecular weight is 301 g/mol. The van der Waals surface area contributed by atoms with Gasteiger partial charge in [-0.05, 0) is 24.6 Å². The number of benzene rings is 2. The lowest BCUT2D eigenvalue weighted by Gasteiger charge is -2.27. The van der Waals surface area contributed by atoms with Crippen molar-refractivity contribution in [3.63, 3.8) is 0 Å². The minimum absolute atomic E-state index is 0.255. The van der Waals surface area contributed by atoms with Crippen LogP contribution in [-0.4, -0.2) is 19.3 Å². The Labute approximate surface area is 126 Å². The van der Waals surface area contributed by atoms with E-state index in [1.54, 1.807) is 36.4 Å². The van der Waals surface area contributed by atoms with Gasteiger partial charge in [0, 0.05) is 12.6 Å². The van der Waals surface area contributed by atoms with Gasteiger partial charge >= 0.3 is 0 Å². The molecule has 0 aliphatic rings. The van der Waals surface area contributed by atoms with E-state index in [9.17, 15) is 8.42 Å². The summed E-state index contributed by atoms with van der Waals surface area (Å²) < 4.78 is 27.1. The first-order valence-electron chi connectivity index (χ1n) is 6.80. The van der Waals surface area contributed by atoms with E-state index in [4.69, 9.17) is 0 Å². The quantitative estimate of drug-likeness (QED) is 0.764. The molecule has 110 valence electrons. The zero-order valence-electron chi connectivity index (χ0n) is 12.0. The lowest BCUT2D eigenvalue weighted by atomic mass is 10.1. The summed E-state index contributed by atoms with van der Waals surface area (Å²) in [6.07, 6.45) is 1.61. The highest BCUT2D eigenvalue weighted by atomic mass is 32.2. The van der Waals surface area contributed by atoms with Crippen LogP contribution in [-0.2, 0) is 10.0 Å². The van der Waals surface area contributed by atoms with Gasteiger partial charge in [0.25, 0.3) is 0 Å². The molecular weight excluding hydrogens is 282 g/mol. The highest BCUT2D eigenvalue weighted by Gasteiger charge is 2.28. The summed E-state index contributed by atoms with van der Waals surface area (Å²) in [5.41, 5.74) is 0.957. The highest BCUT2D eigenvalue weighted by Crippen LogP contribution is 2.27. The van der Waals surface area contributed by atoms with Gasteiger partial charge in [-0.1, -0.05) is 54.6 Å². The van der Waals surface area contributed by atoms with E-state index in [0.29, 0.717) is 4.90 Å². The molecule has 0 N–H and O–H groups in total. The minimum atomic E-state index is -3.55. The van der Waals surface area contributed by atoms with Crippen molar-refractivity contribution in [3.05, 3.63) is 78.9 Å². The zero-order chi connectivity index (χ0) is 15.3. The Morgan fingerprint density at radius 2 is 1.57 bits per heavy atom. The monoisotopic (exact) mass is 301 g/mol. The van der Waals surface area contributed by atoms with Crippen LogP contribution in [0.15, 0.2) is 78.2 Å². The average Bonchev–Trinajstić information content (AvgIpc) is 2.53. The second-order valence-corrected chi connectivity index (χ2v) is 6.65. The predicted octanol–water partition coefficient (Wildman–Crippen LogP) is 3.62. The molecule has 0 fully saturated rings. The molecule has 3 nitrogen and oxygen atoms in total. The van der Waals surface area contributed by atoms with Crippen LogP contribution in [0.2, 0.25) is 0 Å². The van der Waals surface area contributed by atoms with Crippen molar-refractivity contribution >= 4 is 10.0 Å². The summed E-state index contributed by atoms with van der Waals surface area (Å²) in [7, 11) is -3.55. The fourth-order valence-electron chi connectivity index (χ4n) is 2.22. The number of sulfonamides is 1. The standard InChI is InChI=1S/C17H19NO2S/c1-3-14-18(15(2)16-10-6-4-7-11-16)21(19,20)17-12-8-5-9-13-17/h3-13,15H,1,14H2,2H3. The molecule has 0 radical (unpaired) electrons. The Balaban J connectivity index is 2.42. The molecule has 0 heterocycles. The molecule has 0 saturated heterocycles. The van der Waals surface area contributed by atoms with Crippen LogP contribution in [0, 0.1) is 0 Å². The van der Waals surface area contributed by atoms with Crippen molar-refractivity contribution in [3.8, 4) is 0 Å². The summed E-state index contributed by atoms with van der Waals surface area (Å²) in [4.78, 5) is 0.301. The smallest absolute Gasteiger partial charge is 0.207 e. The first-order chi connectivity index (χ1) is 10.1. The summed E-state index contributed by atoms with van der Waals surface area (Å²) >= 11 is 0. The van der Waals surface area contributed by atoms with Gasteiger partial charge in [0.15, 0.2) is 0 Å². The lowest BCUT2D eigenvalue weighted by Crippen LogP contribution is -2.33. The molecule has 1 atom stereocenters. The van der Waals surface area contributed by atoms with Crippen molar-refractivity contribution in [1.29, 1.82) is 0 Å². The van der Waals surface area contributed by atoms with E-state index in [2.05, 4.69) is 6.58 Å². The van der Waals surface area contributed by atoms with Gasteiger partial charge in [0.2, 0.25) is 10.0 Å². The van der Waals surface area contributed by atoms with E-state index in [1.165, 1.54) is 4.31 Å². The molecule has 0 bridgehead atoms. The molecule has 2 aromatic carbocycles. The van der Waals surface area contributed by atoms with E-state index in [0.717, 1.165) is 5.56 Å². The molecule has 4 heteroatoms. The van der Waals surface area contributed by atoms with Crippen LogP contribution in [0.1, 0.15) is 18.5 Å². The van der Waals surface area contributed by atoms with Gasteiger partial charge < -0.3 is 0 Å². The molecule has 0 amide bonds. The SMILES string of the molecule is C=CCN(C(C)c1ccccc1)S(=O)(=O)c1ccccc1. The van der Waals surface area contributed by atoms with Crippen molar-refractivity contribution in [2.75, 3.05) is 6.54 Å². The number of nitrogens with zero attached hydrogens (tertiary/aromatic N) is 1. The molecule has 0 aliphatic heterocycles. The van der Waals surface area contributed by atoms with Crippen LogP contribution < -0.4 is 0 Å². The molecule has 2 rings (SSSR count). The molecule has 0 saturated carbocycles. The summed E-state index contributed by atoms with van der Waals surface area (Å²) in [6.45, 7) is 5.84. The van der Waals surface area contributed by atoms with Crippen molar-refractivity contribution < 1.29 is 8.42 Å². The zero-order valence-corrected chi connectivity index (χ0v) is 12.8. The van der Waals surface area contributed by atoms with Crippen LogP contribution in [0.5, 0.6) is 0 Å². The van der Waals surface area contributed by atoms with Crippen LogP contribution >= 0.6 is 0 Å². The fourth-order valence-corrected chi connectivity index (χ4v) is 3.83. The molecule has 0 aromatic heterocycles. The Morgan fingerprint density at radius 3 is 2.10 bits per heavy atom. The van der Waals surface area contributed by atoms with Gasteiger partial charge in [-0.25, -0.2) is 8.42 Å². The normalized spacial score (nSPS) is 13.0. The van der Waals surface area contributed by atoms with E-state index in [-0.39, 0.29) is 12.6 Å². The van der Waals surface area contributed by atoms with Crippen LogP contribution in [0.4, 0.5) is 0 Å². The van der Waals surface area contributed by atoms with Gasteiger partial charge in [-0.3, -0.25) is 0 Å². The number of rotatable bonds is 6. The maximum atomic E-state index is 12.8. The van der Waals surface area contributed by atoms with E-state index < -0.39 is 10.0 Å². The van der Waals surface area contributed by atoms with E-state index >= 15 is 0 Å². The summed E-state index contributed by atoms with van der Waals surface area (Å²) in [5, 5.41) is 0. The van der Waals surface area contributed by atoms with E-state index in [1.807, 2.05) is 37.3 Å². The topological polar surface area (TPSA) is 37.4 Å². The van der Waals surface area contributed by atoms with Crippen LogP contribution in [0.25, 0.3) is 0 Å². The lowest BCUT2D eigenvalue weighted by molar-refractivity contribution is 0.370. The number of hydrogen-bond acceptors (Lipinski definition) is 2. The molecule has 0 aliphatic carbocycles. The van der Waals surface area contributed by atoms with Crippen molar-refractivity contribution in [1.82, 2.24) is 4.31 Å². The molecular formula is C17H19NO2S. The van der Waals surface area contributed by atoms with Gasteiger partial charge in [0.1, 0.15) is 0 Å². The fraction of sp³-hybridized carbons (Fsp3) is 0.176. The van der Waals surface area contributed by atoms with Gasteiger partial charge in [-0.2, -0.15) is 4.31 Å². The maximum Gasteiger partial charge on any atom is 0.243 e. The molecule has 21 heavy (non-hydrogen) atoms. The van der Waals surface area contributed by atoms with Crippen LogP contribution in [0.3, 0.4) is 0 Å². The largest absolute Gasteiger partial charge is 0.243 e. The second kappa shape index (κ2) is 6.70. The summed E-state index contributed by atoms with van der Waals surface area (Å²) in [5.74, 6) is 0. The third-order valence-corrected chi connectivity index (χ3v) is 5.32. The Kier molecular flexibility index (Phi) is 4.94. The third-order valence-electron chi connectivity index (χ3n) is 3.37. The first kappa shape index (κ1) is 15.5. The Morgan fingerprint density at radius 1 is 1.05 bits per heavy atom. The Hall–Kier alpha value is -1.91. The second-order valence-electron chi connectivity index (χ2n) is 4.76. The minimum Gasteiger partial charge on any atom is -0.207 e. The van der Waals surface area contributed by atoms with Gasteiger partial charge in [0.05, 0.1) is 4.90 Å². The summed E-state index contributed by atoms with van der Waals surface area (Å²) in [6, 6.07) is 17.8. The molecule has 1 unspecified atom stereocenters. The Bertz CT molecular complexity index is 681. The van der Waals surface area contributed by atoms with Gasteiger partial charge in [-0.15, -0.1) is 6.58 Å². The first-order valence-corrected chi connectivity index (χ1v) is 8.24. The van der Waals surface area contributed by atoms with Crippen molar-refractivity contribution in [2.24, 2.45) is 0 Å².